The molecule has 2 aromatic carbocycles. The molecule has 2 heterocycles. The minimum absolute atomic E-state index is 0.0315. The number of carbonyl (C=O) groups is 2. The van der Waals surface area contributed by atoms with Gasteiger partial charge in [0, 0.05) is 31.4 Å². The molecule has 0 bridgehead atoms. The predicted molar refractivity (Wildman–Crippen MR) is 147 cm³/mol. The fourth-order valence-corrected chi connectivity index (χ4v) is 4.74. The van der Waals surface area contributed by atoms with Crippen molar-refractivity contribution in [3.05, 3.63) is 87.4 Å². The molecule has 0 aliphatic carbocycles. The number of hydroxylamine groups is 1. The van der Waals surface area contributed by atoms with Crippen LogP contribution in [0.5, 0.6) is 0 Å². The average molecular weight is 591 g/mol. The Morgan fingerprint density at radius 1 is 0.950 bits per heavy atom. The highest BCUT2D eigenvalue weighted by Crippen LogP contribution is 2.39. The molecule has 0 saturated carbocycles. The van der Waals surface area contributed by atoms with Crippen LogP contribution in [0.15, 0.2) is 54.9 Å². The third-order valence-electron chi connectivity index (χ3n) is 6.67. The van der Waals surface area contributed by atoms with Gasteiger partial charge >= 0.3 is 0 Å². The largest absolute Gasteiger partial charge is 0.392 e. The second-order valence-corrected chi connectivity index (χ2v) is 10.3. The molecule has 4 rings (SSSR count). The van der Waals surface area contributed by atoms with E-state index in [4.69, 9.17) is 37.9 Å². The van der Waals surface area contributed by atoms with E-state index in [-0.39, 0.29) is 36.3 Å². The van der Waals surface area contributed by atoms with Crippen molar-refractivity contribution in [2.24, 2.45) is 0 Å². The number of hydrogen-bond donors (Lipinski definition) is 4. The number of imidazole rings is 1. The van der Waals surface area contributed by atoms with Crippen molar-refractivity contribution in [1.82, 2.24) is 20.3 Å². The van der Waals surface area contributed by atoms with Gasteiger partial charge in [0.1, 0.15) is 5.15 Å². The van der Waals surface area contributed by atoms with Gasteiger partial charge in [-0.3, -0.25) is 14.8 Å². The standard InChI is InChI=1S/C28H32Cl2N4O6/c29-26-27(30)34(17-32-26)15-22-13-23(20-9-7-19(16-35)8-10-20)40-28(39-22)21-11-5-18(6-12-21)14-31-24(36)3-1-2-4-25(37)33-38/h5-12,17,22-23,28,35,38H,1-4,13-16H2,(H,31,36)(H,33,37). The number of halogens is 2. The molecule has 1 aliphatic heterocycles. The van der Waals surface area contributed by atoms with Crippen molar-refractivity contribution in [3.63, 3.8) is 0 Å². The number of unbranched alkanes of at least 4 members (excludes halogenated alkanes) is 1. The number of rotatable bonds is 12. The fourth-order valence-electron chi connectivity index (χ4n) is 4.43. The zero-order valence-corrected chi connectivity index (χ0v) is 23.3. The molecule has 0 radical (unpaired) electrons. The second kappa shape index (κ2) is 14.6. The molecular weight excluding hydrogens is 559 g/mol. The Kier molecular flexibility index (Phi) is 10.9. The van der Waals surface area contributed by atoms with Crippen LogP contribution in [0.2, 0.25) is 10.3 Å². The van der Waals surface area contributed by atoms with Crippen molar-refractivity contribution in [1.29, 1.82) is 0 Å². The van der Waals surface area contributed by atoms with Crippen LogP contribution in [0.1, 0.15) is 66.8 Å². The number of hydrogen-bond acceptors (Lipinski definition) is 7. The van der Waals surface area contributed by atoms with Crippen molar-refractivity contribution in [3.8, 4) is 0 Å². The van der Waals surface area contributed by atoms with Crippen LogP contribution >= 0.6 is 23.2 Å². The van der Waals surface area contributed by atoms with Gasteiger partial charge in [-0.15, -0.1) is 0 Å². The summed E-state index contributed by atoms with van der Waals surface area (Å²) in [5.74, 6) is -0.567. The van der Waals surface area contributed by atoms with Crippen molar-refractivity contribution >= 4 is 35.0 Å². The Hall–Kier alpha value is -2.99. The van der Waals surface area contributed by atoms with Gasteiger partial charge in [0.15, 0.2) is 11.4 Å². The zero-order valence-electron chi connectivity index (χ0n) is 21.8. The van der Waals surface area contributed by atoms with Gasteiger partial charge in [-0.1, -0.05) is 71.7 Å². The molecule has 0 spiro atoms. The number of benzene rings is 2. The van der Waals surface area contributed by atoms with Gasteiger partial charge in [0.05, 0.1) is 31.7 Å². The summed E-state index contributed by atoms with van der Waals surface area (Å²) in [4.78, 5) is 27.2. The summed E-state index contributed by atoms with van der Waals surface area (Å²) in [5, 5.41) is 21.4. The molecule has 3 aromatic rings. The van der Waals surface area contributed by atoms with E-state index in [0.29, 0.717) is 43.9 Å². The molecule has 2 amide bonds. The fraction of sp³-hybridized carbons (Fsp3) is 0.393. The number of aliphatic hydroxyl groups excluding tert-OH is 1. The van der Waals surface area contributed by atoms with Crippen LogP contribution in [-0.4, -0.2) is 37.8 Å². The lowest BCUT2D eigenvalue weighted by Gasteiger charge is -2.36. The van der Waals surface area contributed by atoms with Crippen LogP contribution in [0.3, 0.4) is 0 Å². The summed E-state index contributed by atoms with van der Waals surface area (Å²) < 4.78 is 14.4. The first-order chi connectivity index (χ1) is 19.4. The molecule has 40 heavy (non-hydrogen) atoms. The molecule has 214 valence electrons. The molecule has 10 nitrogen and oxygen atoms in total. The van der Waals surface area contributed by atoms with Gasteiger partial charge < -0.3 is 24.5 Å². The summed E-state index contributed by atoms with van der Waals surface area (Å²) >= 11 is 12.3. The Morgan fingerprint density at radius 3 is 2.23 bits per heavy atom. The zero-order chi connectivity index (χ0) is 28.5. The number of aromatic nitrogens is 2. The number of nitrogens with zero attached hydrogens (tertiary/aromatic N) is 2. The molecule has 1 saturated heterocycles. The maximum atomic E-state index is 12.1. The number of ether oxygens (including phenoxy) is 2. The molecule has 1 fully saturated rings. The van der Waals surface area contributed by atoms with E-state index in [9.17, 15) is 14.7 Å². The van der Waals surface area contributed by atoms with Crippen LogP contribution in [0.25, 0.3) is 0 Å². The molecule has 12 heteroatoms. The second-order valence-electron chi connectivity index (χ2n) is 9.59. The lowest BCUT2D eigenvalue weighted by atomic mass is 10.00. The van der Waals surface area contributed by atoms with Gasteiger partial charge in [-0.2, -0.15) is 0 Å². The van der Waals surface area contributed by atoms with Crippen molar-refractivity contribution < 1.29 is 29.4 Å². The molecule has 3 atom stereocenters. The number of aliphatic hydroxyl groups is 1. The van der Waals surface area contributed by atoms with Gasteiger partial charge in [-0.05, 0) is 29.5 Å². The summed E-state index contributed by atoms with van der Waals surface area (Å²) in [5.41, 5.74) is 5.12. The first-order valence-corrected chi connectivity index (χ1v) is 13.8. The number of nitrogens with one attached hydrogen (secondary N) is 2. The first-order valence-electron chi connectivity index (χ1n) is 13.0. The highest BCUT2D eigenvalue weighted by molar-refractivity contribution is 6.40. The van der Waals surface area contributed by atoms with E-state index in [2.05, 4.69) is 10.3 Å². The smallest absolute Gasteiger partial charge is 0.243 e. The van der Waals surface area contributed by atoms with E-state index in [1.165, 1.54) is 0 Å². The topological polar surface area (TPSA) is 135 Å². The predicted octanol–water partition coefficient (Wildman–Crippen LogP) is 4.61. The van der Waals surface area contributed by atoms with Crippen LogP contribution in [-0.2, 0) is 38.8 Å². The van der Waals surface area contributed by atoms with Gasteiger partial charge in [0.25, 0.3) is 0 Å². The third-order valence-corrected chi connectivity index (χ3v) is 7.44. The quantitative estimate of drug-likeness (QED) is 0.137. The van der Waals surface area contributed by atoms with Gasteiger partial charge in [0.2, 0.25) is 11.8 Å². The van der Waals surface area contributed by atoms with Crippen LogP contribution in [0, 0.1) is 0 Å². The summed E-state index contributed by atoms with van der Waals surface area (Å²) in [6, 6.07) is 15.3. The Bertz CT molecular complexity index is 1270. The SMILES string of the molecule is O=C(CCCCC(=O)NCc1ccc(C2OC(Cn3cnc(Cl)c3Cl)CC(c3ccc(CO)cc3)O2)cc1)NO. The molecular formula is C28H32Cl2N4O6. The van der Waals surface area contributed by atoms with E-state index in [0.717, 1.165) is 22.3 Å². The summed E-state index contributed by atoms with van der Waals surface area (Å²) in [6.45, 7) is 0.777. The van der Waals surface area contributed by atoms with Crippen molar-refractivity contribution in [2.45, 2.75) is 70.3 Å². The maximum Gasteiger partial charge on any atom is 0.243 e. The van der Waals surface area contributed by atoms with E-state index in [1.54, 1.807) is 16.4 Å². The molecule has 1 aliphatic rings. The summed E-state index contributed by atoms with van der Waals surface area (Å²) in [6.07, 6.45) is 2.57. The molecule has 3 unspecified atom stereocenters. The minimum Gasteiger partial charge on any atom is -0.392 e. The van der Waals surface area contributed by atoms with Gasteiger partial charge in [-0.25, -0.2) is 10.5 Å². The molecule has 4 N–H and O–H groups in total. The maximum absolute atomic E-state index is 12.1. The average Bonchev–Trinajstić information content (AvgIpc) is 3.30. The number of carbonyl (C=O) groups excluding carboxylic acids is 2. The highest BCUT2D eigenvalue weighted by atomic mass is 35.5. The first kappa shape index (κ1) is 30.0. The van der Waals surface area contributed by atoms with E-state index in [1.807, 2.05) is 48.5 Å². The third kappa shape index (κ3) is 8.26. The molecule has 1 aromatic heterocycles. The van der Waals surface area contributed by atoms with E-state index < -0.39 is 12.2 Å². The Morgan fingerprint density at radius 2 is 1.60 bits per heavy atom. The monoisotopic (exact) mass is 590 g/mol. The normalized spacial score (nSPS) is 18.9. The van der Waals surface area contributed by atoms with Crippen LogP contribution in [0.4, 0.5) is 0 Å². The lowest BCUT2D eigenvalue weighted by molar-refractivity contribution is -0.252. The number of amides is 2. The lowest BCUT2D eigenvalue weighted by Crippen LogP contribution is -2.32. The van der Waals surface area contributed by atoms with Crippen molar-refractivity contribution in [2.75, 3.05) is 0 Å². The van der Waals surface area contributed by atoms with E-state index >= 15 is 0 Å². The summed E-state index contributed by atoms with van der Waals surface area (Å²) in [7, 11) is 0. The Balaban J connectivity index is 1.39. The Labute approximate surface area is 242 Å². The minimum atomic E-state index is -0.640. The van der Waals surface area contributed by atoms with Crippen LogP contribution < -0.4 is 10.8 Å². The highest BCUT2D eigenvalue weighted by Gasteiger charge is 2.32.